The third-order valence-corrected chi connectivity index (χ3v) is 4.40. The van der Waals surface area contributed by atoms with Crippen LogP contribution in [-0.4, -0.2) is 39.8 Å². The second-order valence-electron chi connectivity index (χ2n) is 6.14. The lowest BCUT2D eigenvalue weighted by molar-refractivity contribution is 0.343. The fourth-order valence-corrected chi connectivity index (χ4v) is 3.13. The quantitative estimate of drug-likeness (QED) is 0.718. The van der Waals surface area contributed by atoms with E-state index >= 15 is 0 Å². The normalized spacial score (nSPS) is 15.1. The molecule has 7 heteroatoms. The Morgan fingerprint density at radius 2 is 1.80 bits per heavy atom. The number of nitrogens with zero attached hydrogens (tertiary/aromatic N) is 5. The summed E-state index contributed by atoms with van der Waals surface area (Å²) in [5.74, 6) is -1.67. The van der Waals surface area contributed by atoms with Crippen LogP contribution in [0.5, 0.6) is 0 Å². The molecule has 0 amide bonds. The van der Waals surface area contributed by atoms with Gasteiger partial charge in [0.2, 0.25) is 0 Å². The number of rotatable bonds is 2. The number of anilines is 2. The smallest absolute Gasteiger partial charge is 0.160 e. The number of likely N-dealkylation sites (N-methyl/N-ethyl adjacent to an activating group) is 1. The van der Waals surface area contributed by atoms with E-state index in [1.165, 1.54) is 18.5 Å². The van der Waals surface area contributed by atoms with Crippen LogP contribution >= 0.6 is 0 Å². The molecule has 128 valence electrons. The zero-order chi connectivity index (χ0) is 17.4. The Morgan fingerprint density at radius 3 is 2.56 bits per heavy atom. The van der Waals surface area contributed by atoms with Crippen LogP contribution in [0.15, 0.2) is 49.1 Å². The fraction of sp³-hybridized carbons (Fsp3) is 0.222. The van der Waals surface area contributed by atoms with Crippen LogP contribution in [-0.2, 0) is 6.54 Å². The van der Waals surface area contributed by atoms with Crippen molar-refractivity contribution >= 4 is 11.4 Å². The summed E-state index contributed by atoms with van der Waals surface area (Å²) in [6, 6.07) is 10.0. The molecule has 1 aliphatic heterocycles. The highest BCUT2D eigenvalue weighted by molar-refractivity contribution is 5.68. The summed E-state index contributed by atoms with van der Waals surface area (Å²) in [4.78, 5) is 8.20. The van der Waals surface area contributed by atoms with E-state index in [0.29, 0.717) is 12.2 Å². The fourth-order valence-electron chi connectivity index (χ4n) is 3.13. The molecule has 0 N–H and O–H groups in total. The number of fused-ring (bicyclic) bond motifs is 1. The molecule has 25 heavy (non-hydrogen) atoms. The monoisotopic (exact) mass is 341 g/mol. The molecule has 4 rings (SSSR count). The van der Waals surface area contributed by atoms with Crippen molar-refractivity contribution in [1.82, 2.24) is 19.7 Å². The second kappa shape index (κ2) is 6.25. The highest BCUT2D eigenvalue weighted by atomic mass is 19.2. The van der Waals surface area contributed by atoms with Crippen LogP contribution < -0.4 is 4.90 Å². The maximum atomic E-state index is 13.7. The molecule has 3 aromatic rings. The van der Waals surface area contributed by atoms with Crippen molar-refractivity contribution in [3.8, 4) is 5.69 Å². The van der Waals surface area contributed by atoms with Crippen molar-refractivity contribution in [3.05, 3.63) is 66.3 Å². The van der Waals surface area contributed by atoms with Gasteiger partial charge in [-0.3, -0.25) is 0 Å². The van der Waals surface area contributed by atoms with Crippen LogP contribution in [0, 0.1) is 11.6 Å². The van der Waals surface area contributed by atoms with Gasteiger partial charge in [0.1, 0.15) is 12.7 Å². The molecular weight excluding hydrogens is 324 g/mol. The molecule has 0 fully saturated rings. The van der Waals surface area contributed by atoms with Gasteiger partial charge in [-0.1, -0.05) is 0 Å². The molecule has 0 atom stereocenters. The van der Waals surface area contributed by atoms with Gasteiger partial charge in [0.25, 0.3) is 0 Å². The first-order chi connectivity index (χ1) is 12.1. The summed E-state index contributed by atoms with van der Waals surface area (Å²) in [5.41, 5.74) is 3.64. The van der Waals surface area contributed by atoms with E-state index in [-0.39, 0.29) is 0 Å². The molecule has 0 saturated heterocycles. The average molecular weight is 341 g/mol. The van der Waals surface area contributed by atoms with E-state index in [9.17, 15) is 8.78 Å². The summed E-state index contributed by atoms with van der Waals surface area (Å²) in [7, 11) is 2.04. The summed E-state index contributed by atoms with van der Waals surface area (Å²) in [5, 5.41) is 4.16. The van der Waals surface area contributed by atoms with E-state index in [1.807, 2.05) is 24.1 Å². The van der Waals surface area contributed by atoms with Crippen LogP contribution in [0.2, 0.25) is 0 Å². The van der Waals surface area contributed by atoms with Gasteiger partial charge in [0.15, 0.2) is 11.6 Å². The van der Waals surface area contributed by atoms with Gasteiger partial charge in [0, 0.05) is 37.1 Å². The maximum absolute atomic E-state index is 13.7. The minimum atomic E-state index is -0.837. The Morgan fingerprint density at radius 1 is 0.960 bits per heavy atom. The zero-order valence-corrected chi connectivity index (χ0v) is 13.7. The van der Waals surface area contributed by atoms with E-state index in [1.54, 1.807) is 17.1 Å². The maximum Gasteiger partial charge on any atom is 0.160 e. The number of hydrogen-bond acceptors (Lipinski definition) is 4. The van der Waals surface area contributed by atoms with Crippen molar-refractivity contribution < 1.29 is 8.78 Å². The number of halogens is 2. The highest BCUT2D eigenvalue weighted by Gasteiger charge is 2.21. The Balaban J connectivity index is 1.79. The molecule has 0 aliphatic carbocycles. The second-order valence-corrected chi connectivity index (χ2v) is 6.14. The summed E-state index contributed by atoms with van der Waals surface area (Å²) < 4.78 is 28.7. The van der Waals surface area contributed by atoms with Gasteiger partial charge >= 0.3 is 0 Å². The number of hydrogen-bond donors (Lipinski definition) is 0. The standard InChI is InChI=1S/C18H17F2N5/c1-23-6-7-24(14-2-4-16(19)17(20)9-14)18-5-3-15(8-13(18)10-23)25-12-21-11-22-25/h2-5,8-9,11-12H,6-7,10H2,1H3. The molecule has 1 aliphatic rings. The Kier molecular flexibility index (Phi) is 3.93. The summed E-state index contributed by atoms with van der Waals surface area (Å²) in [6.07, 6.45) is 3.14. The topological polar surface area (TPSA) is 37.2 Å². The van der Waals surface area contributed by atoms with Crippen LogP contribution in [0.3, 0.4) is 0 Å². The van der Waals surface area contributed by atoms with Crippen LogP contribution in [0.25, 0.3) is 5.69 Å². The molecule has 0 bridgehead atoms. The van der Waals surface area contributed by atoms with Crippen molar-refractivity contribution in [3.63, 3.8) is 0 Å². The van der Waals surface area contributed by atoms with E-state index < -0.39 is 11.6 Å². The molecule has 1 aromatic heterocycles. The first kappa shape index (κ1) is 15.7. The van der Waals surface area contributed by atoms with E-state index in [2.05, 4.69) is 21.0 Å². The molecule has 2 heterocycles. The molecule has 0 spiro atoms. The molecule has 0 unspecified atom stereocenters. The van der Waals surface area contributed by atoms with Gasteiger partial charge in [-0.2, -0.15) is 5.10 Å². The minimum Gasteiger partial charge on any atom is -0.340 e. The Labute approximate surface area is 144 Å². The number of aromatic nitrogens is 3. The molecular formula is C18H17F2N5. The van der Waals surface area contributed by atoms with Crippen molar-refractivity contribution in [2.24, 2.45) is 0 Å². The Hall–Kier alpha value is -2.80. The summed E-state index contributed by atoms with van der Waals surface area (Å²) >= 11 is 0. The molecule has 0 radical (unpaired) electrons. The first-order valence-electron chi connectivity index (χ1n) is 8.01. The van der Waals surface area contributed by atoms with Crippen LogP contribution in [0.4, 0.5) is 20.2 Å². The van der Waals surface area contributed by atoms with E-state index in [0.717, 1.165) is 30.0 Å². The highest BCUT2D eigenvalue weighted by Crippen LogP contribution is 2.33. The molecule has 0 saturated carbocycles. The molecule has 2 aromatic carbocycles. The lowest BCUT2D eigenvalue weighted by Gasteiger charge is -2.25. The van der Waals surface area contributed by atoms with Gasteiger partial charge in [0.05, 0.1) is 5.69 Å². The van der Waals surface area contributed by atoms with Gasteiger partial charge < -0.3 is 9.80 Å². The third kappa shape index (κ3) is 2.98. The zero-order valence-electron chi connectivity index (χ0n) is 13.7. The largest absolute Gasteiger partial charge is 0.340 e. The lowest BCUT2D eigenvalue weighted by atomic mass is 10.1. The predicted octanol–water partition coefficient (Wildman–Crippen LogP) is 3.13. The SMILES string of the molecule is CN1CCN(c2ccc(F)c(F)c2)c2ccc(-n3cncn3)cc2C1. The Bertz CT molecular complexity index is 894. The van der Waals surface area contributed by atoms with Gasteiger partial charge in [-0.05, 0) is 42.9 Å². The van der Waals surface area contributed by atoms with Crippen molar-refractivity contribution in [2.45, 2.75) is 6.54 Å². The lowest BCUT2D eigenvalue weighted by Crippen LogP contribution is -2.26. The van der Waals surface area contributed by atoms with E-state index in [4.69, 9.17) is 0 Å². The van der Waals surface area contributed by atoms with Crippen molar-refractivity contribution in [2.75, 3.05) is 25.0 Å². The van der Waals surface area contributed by atoms with Crippen LogP contribution in [0.1, 0.15) is 5.56 Å². The van der Waals surface area contributed by atoms with Gasteiger partial charge in [-0.25, -0.2) is 18.4 Å². The molecule has 5 nitrogen and oxygen atoms in total. The van der Waals surface area contributed by atoms with Crippen molar-refractivity contribution in [1.29, 1.82) is 0 Å². The third-order valence-electron chi connectivity index (χ3n) is 4.40. The van der Waals surface area contributed by atoms with Gasteiger partial charge in [-0.15, -0.1) is 0 Å². The predicted molar refractivity (Wildman–Crippen MR) is 91.1 cm³/mol. The summed E-state index contributed by atoms with van der Waals surface area (Å²) in [6.45, 7) is 2.27. The number of benzene rings is 2. The average Bonchev–Trinajstić information content (AvgIpc) is 3.08. The first-order valence-corrected chi connectivity index (χ1v) is 8.01. The minimum absolute atomic E-state index is 0.643.